The van der Waals surface area contributed by atoms with Crippen molar-refractivity contribution < 1.29 is 14.3 Å². The Bertz CT molecular complexity index is 645. The molecule has 9 heteroatoms. The van der Waals surface area contributed by atoms with Crippen LogP contribution in [-0.2, 0) is 14.3 Å². The van der Waals surface area contributed by atoms with Gasteiger partial charge in [-0.1, -0.05) is 37.2 Å². The summed E-state index contributed by atoms with van der Waals surface area (Å²) < 4.78 is 11.5. The molecule has 2 fully saturated rings. The minimum absolute atomic E-state index is 0.0128. The molecule has 0 saturated carbocycles. The summed E-state index contributed by atoms with van der Waals surface area (Å²) in [5.74, 6) is 1.20. The number of thioether (sulfide) groups is 1. The minimum atomic E-state index is -0.418. The Labute approximate surface area is 169 Å². The van der Waals surface area contributed by atoms with Gasteiger partial charge in [0.1, 0.15) is 11.0 Å². The van der Waals surface area contributed by atoms with E-state index in [1.165, 1.54) is 11.8 Å². The van der Waals surface area contributed by atoms with Crippen LogP contribution >= 0.6 is 23.4 Å². The number of aromatic nitrogens is 2. The van der Waals surface area contributed by atoms with Gasteiger partial charge in [0, 0.05) is 38.5 Å². The summed E-state index contributed by atoms with van der Waals surface area (Å²) in [6, 6.07) is 1.77. The Kier molecular flexibility index (Phi) is 7.19. The average molecular weight is 415 g/mol. The molecule has 2 aliphatic rings. The van der Waals surface area contributed by atoms with Gasteiger partial charge in [-0.2, -0.15) is 0 Å². The van der Waals surface area contributed by atoms with Crippen molar-refractivity contribution in [2.24, 2.45) is 5.92 Å². The molecule has 0 aliphatic carbocycles. The van der Waals surface area contributed by atoms with Crippen molar-refractivity contribution in [3.8, 4) is 0 Å². The molecular weight excluding hydrogens is 388 g/mol. The summed E-state index contributed by atoms with van der Waals surface area (Å²) in [5, 5.41) is 3.82. The Morgan fingerprint density at radius 3 is 2.70 bits per heavy atom. The Morgan fingerprint density at radius 2 is 2.04 bits per heavy atom. The van der Waals surface area contributed by atoms with Crippen LogP contribution in [0.2, 0.25) is 5.15 Å². The summed E-state index contributed by atoms with van der Waals surface area (Å²) in [4.78, 5) is 22.9. The second kappa shape index (κ2) is 9.41. The van der Waals surface area contributed by atoms with E-state index in [1.807, 2.05) is 0 Å². The summed E-state index contributed by atoms with van der Waals surface area (Å²) >= 11 is 7.49. The number of carbonyl (C=O) groups is 1. The lowest BCUT2D eigenvalue weighted by Gasteiger charge is -2.38. The van der Waals surface area contributed by atoms with E-state index >= 15 is 0 Å². The maximum absolute atomic E-state index is 12.0. The van der Waals surface area contributed by atoms with Crippen molar-refractivity contribution in [3.05, 3.63) is 11.2 Å². The standard InChI is InChI=1S/C18H27ClN4O3S/c1-13(2)3-6-20-16(24)12-27-17-21-14(19)11-15(22-17)23-7-4-18(5-8-23)25-9-10-26-18/h11,13H,3-10,12H2,1-2H3,(H,20,24). The molecule has 0 radical (unpaired) electrons. The van der Waals surface area contributed by atoms with Gasteiger partial charge in [-0.15, -0.1) is 0 Å². The highest BCUT2D eigenvalue weighted by Gasteiger charge is 2.40. The summed E-state index contributed by atoms with van der Waals surface area (Å²) in [6.45, 7) is 7.86. The molecule has 1 aromatic heterocycles. The number of nitrogens with one attached hydrogen (secondary N) is 1. The molecule has 2 aliphatic heterocycles. The van der Waals surface area contributed by atoms with Crippen molar-refractivity contribution in [2.45, 2.75) is 44.1 Å². The zero-order valence-electron chi connectivity index (χ0n) is 15.9. The Morgan fingerprint density at radius 1 is 1.33 bits per heavy atom. The molecule has 7 nitrogen and oxygen atoms in total. The van der Waals surface area contributed by atoms with Crippen LogP contribution in [0.25, 0.3) is 0 Å². The maximum Gasteiger partial charge on any atom is 0.230 e. The molecule has 0 aromatic carbocycles. The van der Waals surface area contributed by atoms with Crippen molar-refractivity contribution in [2.75, 3.05) is 43.5 Å². The van der Waals surface area contributed by atoms with Gasteiger partial charge in [-0.3, -0.25) is 4.79 Å². The number of hydrogen-bond donors (Lipinski definition) is 1. The van der Waals surface area contributed by atoms with Crippen LogP contribution < -0.4 is 10.2 Å². The first-order valence-corrected chi connectivity index (χ1v) is 10.8. The molecule has 150 valence electrons. The van der Waals surface area contributed by atoms with Gasteiger partial charge in [0.2, 0.25) is 5.91 Å². The molecular formula is C18H27ClN4O3S. The zero-order chi connectivity index (χ0) is 19.3. The summed E-state index contributed by atoms with van der Waals surface area (Å²) in [6.07, 6.45) is 2.57. The lowest BCUT2D eigenvalue weighted by molar-refractivity contribution is -0.169. The van der Waals surface area contributed by atoms with Crippen LogP contribution in [0.3, 0.4) is 0 Å². The van der Waals surface area contributed by atoms with Crippen molar-refractivity contribution in [1.29, 1.82) is 0 Å². The molecule has 3 heterocycles. The predicted octanol–water partition coefficient (Wildman–Crippen LogP) is 2.73. The van der Waals surface area contributed by atoms with Crippen molar-refractivity contribution in [1.82, 2.24) is 15.3 Å². The fraction of sp³-hybridized carbons (Fsp3) is 0.722. The molecule has 0 unspecified atom stereocenters. The molecule has 3 rings (SSSR count). The number of halogens is 1. The molecule has 27 heavy (non-hydrogen) atoms. The summed E-state index contributed by atoms with van der Waals surface area (Å²) in [5.41, 5.74) is 0. The largest absolute Gasteiger partial charge is 0.356 e. The van der Waals surface area contributed by atoms with E-state index < -0.39 is 5.79 Å². The highest BCUT2D eigenvalue weighted by Crippen LogP contribution is 2.33. The maximum atomic E-state index is 12.0. The van der Waals surface area contributed by atoms with Crippen LogP contribution in [0.5, 0.6) is 0 Å². The second-order valence-electron chi connectivity index (χ2n) is 7.25. The predicted molar refractivity (Wildman–Crippen MR) is 106 cm³/mol. The zero-order valence-corrected chi connectivity index (χ0v) is 17.4. The highest BCUT2D eigenvalue weighted by molar-refractivity contribution is 7.99. The molecule has 1 amide bonds. The molecule has 1 aromatic rings. The van der Waals surface area contributed by atoms with E-state index in [1.54, 1.807) is 6.07 Å². The number of hydrogen-bond acceptors (Lipinski definition) is 7. The number of nitrogens with zero attached hydrogens (tertiary/aromatic N) is 3. The van der Waals surface area contributed by atoms with Gasteiger partial charge >= 0.3 is 0 Å². The topological polar surface area (TPSA) is 76.6 Å². The van der Waals surface area contributed by atoms with E-state index in [-0.39, 0.29) is 11.7 Å². The quantitative estimate of drug-likeness (QED) is 0.417. The summed E-state index contributed by atoms with van der Waals surface area (Å²) in [7, 11) is 0. The first-order valence-electron chi connectivity index (χ1n) is 9.43. The normalized spacial score (nSPS) is 19.0. The minimum Gasteiger partial charge on any atom is -0.356 e. The van der Waals surface area contributed by atoms with E-state index in [0.29, 0.717) is 36.0 Å². The van der Waals surface area contributed by atoms with E-state index in [9.17, 15) is 4.79 Å². The van der Waals surface area contributed by atoms with Crippen molar-refractivity contribution >= 4 is 35.1 Å². The molecule has 0 atom stereocenters. The van der Waals surface area contributed by atoms with Crippen LogP contribution in [0.4, 0.5) is 5.82 Å². The molecule has 1 N–H and O–H groups in total. The fourth-order valence-corrected chi connectivity index (χ4v) is 4.07. The Balaban J connectivity index is 1.52. The van der Waals surface area contributed by atoms with Gasteiger partial charge in [0.05, 0.1) is 19.0 Å². The first kappa shape index (κ1) is 20.6. The van der Waals surface area contributed by atoms with Gasteiger partial charge in [-0.05, 0) is 12.3 Å². The number of ether oxygens (including phenoxy) is 2. The molecule has 2 saturated heterocycles. The smallest absolute Gasteiger partial charge is 0.230 e. The lowest BCUT2D eigenvalue weighted by Crippen LogP contribution is -2.45. The third-order valence-corrected chi connectivity index (χ3v) is 5.74. The van der Waals surface area contributed by atoms with Gasteiger partial charge in [0.25, 0.3) is 0 Å². The van der Waals surface area contributed by atoms with E-state index in [4.69, 9.17) is 21.1 Å². The number of rotatable bonds is 7. The van der Waals surface area contributed by atoms with Crippen LogP contribution in [-0.4, -0.2) is 60.3 Å². The first-order chi connectivity index (χ1) is 13.0. The van der Waals surface area contributed by atoms with E-state index in [2.05, 4.69) is 34.0 Å². The van der Waals surface area contributed by atoms with Gasteiger partial charge in [0.15, 0.2) is 10.9 Å². The number of amides is 1. The number of piperidine rings is 1. The monoisotopic (exact) mass is 414 g/mol. The molecule has 1 spiro atoms. The third kappa shape index (κ3) is 5.94. The lowest BCUT2D eigenvalue weighted by atomic mass is 10.0. The Hall–Kier alpha value is -1.09. The second-order valence-corrected chi connectivity index (χ2v) is 8.58. The van der Waals surface area contributed by atoms with Crippen LogP contribution in [0.15, 0.2) is 11.2 Å². The number of carbonyl (C=O) groups excluding carboxylic acids is 1. The SMILES string of the molecule is CC(C)CCNC(=O)CSc1nc(Cl)cc(N2CCC3(CC2)OCCO3)n1. The number of anilines is 1. The van der Waals surface area contributed by atoms with Gasteiger partial charge < -0.3 is 19.7 Å². The average Bonchev–Trinajstić information content (AvgIpc) is 3.08. The highest BCUT2D eigenvalue weighted by atomic mass is 35.5. The molecule has 0 bridgehead atoms. The van der Waals surface area contributed by atoms with E-state index in [0.717, 1.165) is 38.2 Å². The van der Waals surface area contributed by atoms with Gasteiger partial charge in [-0.25, -0.2) is 9.97 Å². The van der Waals surface area contributed by atoms with Crippen molar-refractivity contribution in [3.63, 3.8) is 0 Å². The van der Waals surface area contributed by atoms with Crippen LogP contribution in [0.1, 0.15) is 33.1 Å². The third-order valence-electron chi connectivity index (χ3n) is 4.70. The van der Waals surface area contributed by atoms with Crippen LogP contribution in [0, 0.1) is 5.92 Å². The fourth-order valence-electron chi connectivity index (χ4n) is 3.16.